The molecule has 0 saturated carbocycles. The standard InChI is InChI=1S/C11H5BrCl2FNOS/c12-7-2-1-5(3-8(7)15)16-11(17)6-4-9(13)18-10(6)14/h1-4H,(H,16,17). The molecule has 7 heteroatoms. The maximum absolute atomic E-state index is 13.3. The molecule has 2 nitrogen and oxygen atoms in total. The lowest BCUT2D eigenvalue weighted by atomic mass is 10.2. The number of carbonyl (C=O) groups excluding carboxylic acids is 1. The maximum Gasteiger partial charge on any atom is 0.258 e. The highest BCUT2D eigenvalue weighted by Gasteiger charge is 2.14. The van der Waals surface area contributed by atoms with Gasteiger partial charge in [-0.25, -0.2) is 4.39 Å². The zero-order chi connectivity index (χ0) is 13.3. The van der Waals surface area contributed by atoms with Crippen LogP contribution in [0.15, 0.2) is 28.7 Å². The van der Waals surface area contributed by atoms with Crippen molar-refractivity contribution in [2.75, 3.05) is 5.32 Å². The molecule has 0 unspecified atom stereocenters. The van der Waals surface area contributed by atoms with E-state index in [1.165, 1.54) is 18.2 Å². The van der Waals surface area contributed by atoms with Crippen LogP contribution in [0, 0.1) is 5.82 Å². The third-order valence-corrected chi connectivity index (χ3v) is 4.21. The summed E-state index contributed by atoms with van der Waals surface area (Å²) in [5.74, 6) is -0.882. The topological polar surface area (TPSA) is 29.1 Å². The van der Waals surface area contributed by atoms with E-state index in [4.69, 9.17) is 23.2 Å². The molecular formula is C11H5BrCl2FNOS. The summed E-state index contributed by atoms with van der Waals surface area (Å²) >= 11 is 15.7. The molecule has 1 amide bonds. The number of rotatable bonds is 2. The number of anilines is 1. The van der Waals surface area contributed by atoms with Crippen LogP contribution in [0.1, 0.15) is 10.4 Å². The molecule has 2 rings (SSSR count). The van der Waals surface area contributed by atoms with E-state index >= 15 is 0 Å². The first-order chi connectivity index (χ1) is 8.47. The number of halogens is 4. The summed E-state index contributed by atoms with van der Waals surface area (Å²) in [7, 11) is 0. The van der Waals surface area contributed by atoms with E-state index in [0.717, 1.165) is 11.3 Å². The second-order valence-corrected chi connectivity index (χ2v) is 6.46. The number of amides is 1. The van der Waals surface area contributed by atoms with Gasteiger partial charge >= 0.3 is 0 Å². The second-order valence-electron chi connectivity index (χ2n) is 3.32. The Bertz CT molecular complexity index is 617. The Morgan fingerprint density at radius 2 is 2.06 bits per heavy atom. The summed E-state index contributed by atoms with van der Waals surface area (Å²) in [6, 6.07) is 5.77. The quantitative estimate of drug-likeness (QED) is 0.774. The van der Waals surface area contributed by atoms with Gasteiger partial charge in [-0.15, -0.1) is 11.3 Å². The predicted molar refractivity (Wildman–Crippen MR) is 76.4 cm³/mol. The zero-order valence-corrected chi connectivity index (χ0v) is 12.6. The molecule has 0 aliphatic carbocycles. The number of nitrogens with one attached hydrogen (secondary N) is 1. The van der Waals surface area contributed by atoms with E-state index in [2.05, 4.69) is 21.2 Å². The van der Waals surface area contributed by atoms with E-state index in [-0.39, 0.29) is 5.56 Å². The first kappa shape index (κ1) is 13.8. The smallest absolute Gasteiger partial charge is 0.258 e. The monoisotopic (exact) mass is 367 g/mol. The Labute approximate surface area is 125 Å². The van der Waals surface area contributed by atoms with Gasteiger partial charge < -0.3 is 5.32 Å². The molecule has 0 aliphatic rings. The third kappa shape index (κ3) is 3.03. The van der Waals surface area contributed by atoms with Crippen molar-refractivity contribution in [1.29, 1.82) is 0 Å². The second kappa shape index (κ2) is 5.57. The normalized spacial score (nSPS) is 10.4. The van der Waals surface area contributed by atoms with Crippen LogP contribution in [0.25, 0.3) is 0 Å². The van der Waals surface area contributed by atoms with Crippen molar-refractivity contribution < 1.29 is 9.18 Å². The van der Waals surface area contributed by atoms with Gasteiger partial charge in [0.05, 0.1) is 14.4 Å². The molecule has 0 fully saturated rings. The molecule has 0 atom stereocenters. The Morgan fingerprint density at radius 1 is 1.33 bits per heavy atom. The van der Waals surface area contributed by atoms with Crippen LogP contribution in [-0.4, -0.2) is 5.91 Å². The maximum atomic E-state index is 13.3. The van der Waals surface area contributed by atoms with E-state index in [1.807, 2.05) is 0 Å². The molecule has 1 aromatic heterocycles. The lowest BCUT2D eigenvalue weighted by Gasteiger charge is -2.05. The predicted octanol–water partition coefficient (Wildman–Crippen LogP) is 5.21. The van der Waals surface area contributed by atoms with Crippen molar-refractivity contribution in [1.82, 2.24) is 0 Å². The van der Waals surface area contributed by atoms with Gasteiger partial charge in [-0.3, -0.25) is 4.79 Å². The average molecular weight is 369 g/mol. The van der Waals surface area contributed by atoms with Crippen molar-refractivity contribution in [2.24, 2.45) is 0 Å². The molecule has 2 aromatic rings. The summed E-state index contributed by atoms with van der Waals surface area (Å²) in [5.41, 5.74) is 0.620. The van der Waals surface area contributed by atoms with Gasteiger partial charge in [0, 0.05) is 5.69 Å². The zero-order valence-electron chi connectivity index (χ0n) is 8.64. The van der Waals surface area contributed by atoms with Crippen molar-refractivity contribution in [3.05, 3.63) is 48.8 Å². The Morgan fingerprint density at radius 3 is 2.61 bits per heavy atom. The number of thiophene rings is 1. The van der Waals surface area contributed by atoms with E-state index in [0.29, 0.717) is 18.8 Å². The van der Waals surface area contributed by atoms with Gasteiger partial charge in [0.25, 0.3) is 5.91 Å². The van der Waals surface area contributed by atoms with E-state index in [1.54, 1.807) is 6.07 Å². The molecule has 0 aliphatic heterocycles. The van der Waals surface area contributed by atoms with Gasteiger partial charge in [-0.1, -0.05) is 23.2 Å². The molecule has 94 valence electrons. The highest BCUT2D eigenvalue weighted by atomic mass is 79.9. The highest BCUT2D eigenvalue weighted by Crippen LogP contribution is 2.31. The minimum Gasteiger partial charge on any atom is -0.322 e. The van der Waals surface area contributed by atoms with Gasteiger partial charge in [-0.2, -0.15) is 0 Å². The minimum absolute atomic E-state index is 0.273. The Balaban J connectivity index is 2.21. The summed E-state index contributed by atoms with van der Waals surface area (Å²) in [5, 5.41) is 2.54. The fourth-order valence-electron chi connectivity index (χ4n) is 1.27. The highest BCUT2D eigenvalue weighted by molar-refractivity contribution is 9.10. The summed E-state index contributed by atoms with van der Waals surface area (Å²) < 4.78 is 14.3. The van der Waals surface area contributed by atoms with Crippen LogP contribution in [0.3, 0.4) is 0 Å². The minimum atomic E-state index is -0.456. The van der Waals surface area contributed by atoms with Gasteiger partial charge in [0.2, 0.25) is 0 Å². The van der Waals surface area contributed by atoms with E-state index in [9.17, 15) is 9.18 Å². The number of carbonyl (C=O) groups is 1. The van der Waals surface area contributed by atoms with Crippen LogP contribution in [-0.2, 0) is 0 Å². The number of benzene rings is 1. The summed E-state index contributed by atoms with van der Waals surface area (Å²) in [6.07, 6.45) is 0. The van der Waals surface area contributed by atoms with Crippen LogP contribution in [0.4, 0.5) is 10.1 Å². The van der Waals surface area contributed by atoms with Crippen LogP contribution < -0.4 is 5.32 Å². The Kier molecular flexibility index (Phi) is 4.27. The molecule has 0 spiro atoms. The SMILES string of the molecule is O=C(Nc1ccc(Br)c(F)c1)c1cc(Cl)sc1Cl. The molecule has 0 radical (unpaired) electrons. The largest absolute Gasteiger partial charge is 0.322 e. The van der Waals surface area contributed by atoms with Crippen LogP contribution >= 0.6 is 50.5 Å². The summed E-state index contributed by atoms with van der Waals surface area (Å²) in [6.45, 7) is 0. The molecule has 1 aromatic carbocycles. The van der Waals surface area contributed by atoms with Crippen LogP contribution in [0.2, 0.25) is 8.67 Å². The number of hydrogen-bond donors (Lipinski definition) is 1. The summed E-state index contributed by atoms with van der Waals surface area (Å²) in [4.78, 5) is 11.9. The molecule has 18 heavy (non-hydrogen) atoms. The molecule has 0 bridgehead atoms. The van der Waals surface area contributed by atoms with Crippen molar-refractivity contribution in [3.8, 4) is 0 Å². The molecule has 1 N–H and O–H groups in total. The molecule has 0 saturated heterocycles. The third-order valence-electron chi connectivity index (χ3n) is 2.08. The fraction of sp³-hybridized carbons (Fsp3) is 0. The fourth-order valence-corrected chi connectivity index (χ4v) is 2.97. The van der Waals surface area contributed by atoms with Gasteiger partial charge in [0.1, 0.15) is 10.2 Å². The molecular weight excluding hydrogens is 364 g/mol. The lowest BCUT2D eigenvalue weighted by molar-refractivity contribution is 0.102. The molecule has 1 heterocycles. The van der Waals surface area contributed by atoms with Gasteiger partial charge in [-0.05, 0) is 40.2 Å². The van der Waals surface area contributed by atoms with Crippen molar-refractivity contribution in [3.63, 3.8) is 0 Å². The average Bonchev–Trinajstić information content (AvgIpc) is 2.63. The van der Waals surface area contributed by atoms with Crippen molar-refractivity contribution >= 4 is 62.1 Å². The number of hydrogen-bond acceptors (Lipinski definition) is 2. The first-order valence-electron chi connectivity index (χ1n) is 4.68. The first-order valence-corrected chi connectivity index (χ1v) is 7.05. The van der Waals surface area contributed by atoms with E-state index < -0.39 is 11.7 Å². The van der Waals surface area contributed by atoms with Crippen LogP contribution in [0.5, 0.6) is 0 Å². The lowest BCUT2D eigenvalue weighted by Crippen LogP contribution is -2.11. The van der Waals surface area contributed by atoms with Crippen molar-refractivity contribution in [2.45, 2.75) is 0 Å². The Hall–Kier alpha value is -0.620. The van der Waals surface area contributed by atoms with Gasteiger partial charge in [0.15, 0.2) is 0 Å².